The quantitative estimate of drug-likeness (QED) is 0.387. The Morgan fingerprint density at radius 3 is 2.89 bits per heavy atom. The highest BCUT2D eigenvalue weighted by Crippen LogP contribution is 2.33. The summed E-state index contributed by atoms with van der Waals surface area (Å²) in [6.45, 7) is 5.88. The summed E-state index contributed by atoms with van der Waals surface area (Å²) in [4.78, 5) is 20.1. The van der Waals surface area contributed by atoms with E-state index in [-0.39, 0.29) is 23.2 Å². The number of nitrogens with two attached hydrogens (primary N) is 1. The first-order chi connectivity index (χ1) is 13.0. The van der Waals surface area contributed by atoms with Gasteiger partial charge in [0.05, 0.1) is 11.9 Å². The number of nitrogens with zero attached hydrogens (tertiary/aromatic N) is 4. The zero-order valence-corrected chi connectivity index (χ0v) is 16.0. The van der Waals surface area contributed by atoms with Crippen molar-refractivity contribution in [2.45, 2.75) is 31.2 Å². The molecule has 0 bridgehead atoms. The van der Waals surface area contributed by atoms with Crippen molar-refractivity contribution in [3.63, 3.8) is 0 Å². The predicted octanol–water partition coefficient (Wildman–Crippen LogP) is 3.45. The minimum Gasteiger partial charge on any atom is -0.462 e. The van der Waals surface area contributed by atoms with E-state index in [4.69, 9.17) is 14.9 Å². The first kappa shape index (κ1) is 18.8. The Morgan fingerprint density at radius 2 is 2.19 bits per heavy atom. The van der Waals surface area contributed by atoms with E-state index in [0.29, 0.717) is 16.9 Å². The van der Waals surface area contributed by atoms with Gasteiger partial charge >= 0.3 is 5.97 Å². The van der Waals surface area contributed by atoms with Gasteiger partial charge in [0.1, 0.15) is 11.4 Å². The second-order valence-electron chi connectivity index (χ2n) is 5.75. The number of hydrogen-bond donors (Lipinski definition) is 1. The van der Waals surface area contributed by atoms with Crippen LogP contribution in [0.1, 0.15) is 40.9 Å². The molecule has 3 rings (SSSR count). The van der Waals surface area contributed by atoms with Crippen LogP contribution in [0.4, 0.5) is 5.82 Å². The lowest BCUT2D eigenvalue weighted by molar-refractivity contribution is 0.0526. The lowest BCUT2D eigenvalue weighted by Crippen LogP contribution is -2.10. The molecule has 0 saturated carbocycles. The van der Waals surface area contributed by atoms with Gasteiger partial charge in [-0.25, -0.2) is 14.8 Å². The van der Waals surface area contributed by atoms with Gasteiger partial charge in [0.2, 0.25) is 11.8 Å². The van der Waals surface area contributed by atoms with Gasteiger partial charge in [0.15, 0.2) is 5.16 Å². The fourth-order valence-electron chi connectivity index (χ4n) is 2.30. The number of carbonyl (C=O) groups is 1. The van der Waals surface area contributed by atoms with Crippen molar-refractivity contribution in [2.24, 2.45) is 0 Å². The number of aryl methyl sites for hydroxylation is 1. The maximum atomic E-state index is 11.8. The molecule has 3 aromatic rings. The molecule has 0 aliphatic rings. The van der Waals surface area contributed by atoms with Crippen LogP contribution in [0.15, 0.2) is 40.0 Å². The van der Waals surface area contributed by atoms with Crippen molar-refractivity contribution in [1.29, 1.82) is 0 Å². The number of ether oxygens (including phenoxy) is 1. The summed E-state index contributed by atoms with van der Waals surface area (Å²) in [6.07, 6.45) is 1.36. The molecule has 0 amide bonds. The summed E-state index contributed by atoms with van der Waals surface area (Å²) in [7, 11) is 0. The van der Waals surface area contributed by atoms with Crippen LogP contribution in [0.3, 0.4) is 0 Å². The van der Waals surface area contributed by atoms with Crippen LogP contribution in [0.5, 0.6) is 0 Å². The van der Waals surface area contributed by atoms with Gasteiger partial charge < -0.3 is 14.9 Å². The van der Waals surface area contributed by atoms with E-state index in [2.05, 4.69) is 20.2 Å². The van der Waals surface area contributed by atoms with Crippen molar-refractivity contribution < 1.29 is 13.9 Å². The molecule has 0 spiro atoms. The van der Waals surface area contributed by atoms with E-state index in [1.54, 1.807) is 6.92 Å². The maximum Gasteiger partial charge on any atom is 0.343 e. The van der Waals surface area contributed by atoms with Crippen molar-refractivity contribution in [2.75, 3.05) is 12.3 Å². The van der Waals surface area contributed by atoms with Crippen LogP contribution in [-0.4, -0.2) is 32.7 Å². The highest BCUT2D eigenvalue weighted by molar-refractivity contribution is 7.99. The Balaban J connectivity index is 1.73. The molecule has 0 fully saturated rings. The Morgan fingerprint density at radius 1 is 1.37 bits per heavy atom. The van der Waals surface area contributed by atoms with Gasteiger partial charge in [-0.1, -0.05) is 29.5 Å². The summed E-state index contributed by atoms with van der Waals surface area (Å²) in [6, 6.07) is 7.84. The minimum atomic E-state index is -0.542. The lowest BCUT2D eigenvalue weighted by Gasteiger charge is -2.08. The standard InChI is InChI=1S/C18H19N5O3S/c1-4-25-17(24)13-9-20-18(21-14(13)19)27-11(3)15-22-23-16(26-15)12-7-5-6-10(2)8-12/h5-9,11H,4H2,1-3H3,(H2,19,20,21)/t11-/m1/s1. The molecule has 2 aromatic heterocycles. The summed E-state index contributed by atoms with van der Waals surface area (Å²) in [5.41, 5.74) is 7.97. The molecule has 27 heavy (non-hydrogen) atoms. The Hall–Kier alpha value is -2.94. The molecule has 9 heteroatoms. The summed E-state index contributed by atoms with van der Waals surface area (Å²) >= 11 is 1.31. The fourth-order valence-corrected chi connectivity index (χ4v) is 3.08. The number of benzene rings is 1. The number of esters is 1. The number of nitrogen functional groups attached to an aromatic ring is 1. The van der Waals surface area contributed by atoms with Crippen LogP contribution < -0.4 is 5.73 Å². The van der Waals surface area contributed by atoms with Gasteiger partial charge in [-0.05, 0) is 32.9 Å². The van der Waals surface area contributed by atoms with Crippen molar-refractivity contribution in [3.05, 3.63) is 47.5 Å². The largest absolute Gasteiger partial charge is 0.462 e. The van der Waals surface area contributed by atoms with Gasteiger partial charge in [0, 0.05) is 11.8 Å². The normalized spacial score (nSPS) is 12.0. The average Bonchev–Trinajstić information content (AvgIpc) is 3.12. The van der Waals surface area contributed by atoms with Crippen LogP contribution in [0.25, 0.3) is 11.5 Å². The number of carbonyl (C=O) groups excluding carboxylic acids is 1. The predicted molar refractivity (Wildman–Crippen MR) is 101 cm³/mol. The zero-order chi connectivity index (χ0) is 19.4. The van der Waals surface area contributed by atoms with Gasteiger partial charge in [-0.15, -0.1) is 10.2 Å². The number of aromatic nitrogens is 4. The van der Waals surface area contributed by atoms with Gasteiger partial charge in [-0.3, -0.25) is 0 Å². The highest BCUT2D eigenvalue weighted by Gasteiger charge is 2.19. The molecule has 0 radical (unpaired) electrons. The molecule has 8 nitrogen and oxygen atoms in total. The number of anilines is 1. The highest BCUT2D eigenvalue weighted by atomic mass is 32.2. The van der Waals surface area contributed by atoms with E-state index in [1.807, 2.05) is 38.1 Å². The van der Waals surface area contributed by atoms with Crippen LogP contribution in [0, 0.1) is 6.92 Å². The molecule has 1 atom stereocenters. The minimum absolute atomic E-state index is 0.0733. The van der Waals surface area contributed by atoms with Crippen molar-refractivity contribution in [1.82, 2.24) is 20.2 Å². The lowest BCUT2D eigenvalue weighted by atomic mass is 10.1. The van der Waals surface area contributed by atoms with Gasteiger partial charge in [-0.2, -0.15) is 0 Å². The summed E-state index contributed by atoms with van der Waals surface area (Å²) in [5.74, 6) is 0.441. The van der Waals surface area contributed by atoms with Crippen molar-refractivity contribution in [3.8, 4) is 11.5 Å². The molecule has 1 aromatic carbocycles. The topological polar surface area (TPSA) is 117 Å². The third-order valence-electron chi connectivity index (χ3n) is 3.63. The molecule has 0 saturated heterocycles. The summed E-state index contributed by atoms with van der Waals surface area (Å²) in [5, 5.41) is 8.44. The molecule has 0 aliphatic heterocycles. The van der Waals surface area contributed by atoms with E-state index in [9.17, 15) is 4.79 Å². The summed E-state index contributed by atoms with van der Waals surface area (Å²) < 4.78 is 10.7. The van der Waals surface area contributed by atoms with E-state index in [1.165, 1.54) is 18.0 Å². The monoisotopic (exact) mass is 385 g/mol. The molecule has 2 heterocycles. The molecule has 0 aliphatic carbocycles. The van der Waals surface area contributed by atoms with E-state index >= 15 is 0 Å². The molecule has 140 valence electrons. The number of thioether (sulfide) groups is 1. The SMILES string of the molecule is CCOC(=O)c1cnc(S[C@H](C)c2nnc(-c3cccc(C)c3)o2)nc1N. The van der Waals surface area contributed by atoms with Gasteiger partial charge in [0.25, 0.3) is 0 Å². The molecular formula is C18H19N5O3S. The average molecular weight is 385 g/mol. The third kappa shape index (κ3) is 4.43. The van der Waals surface area contributed by atoms with Crippen LogP contribution in [0.2, 0.25) is 0 Å². The molecule has 2 N–H and O–H groups in total. The maximum absolute atomic E-state index is 11.8. The molecule has 0 unspecified atom stereocenters. The van der Waals surface area contributed by atoms with E-state index in [0.717, 1.165) is 11.1 Å². The second kappa shape index (κ2) is 8.17. The van der Waals surface area contributed by atoms with Crippen LogP contribution >= 0.6 is 11.8 Å². The first-order valence-corrected chi connectivity index (χ1v) is 9.22. The Kier molecular flexibility index (Phi) is 5.70. The van der Waals surface area contributed by atoms with Crippen LogP contribution in [-0.2, 0) is 4.74 Å². The first-order valence-electron chi connectivity index (χ1n) is 8.34. The van der Waals surface area contributed by atoms with Crippen molar-refractivity contribution >= 4 is 23.5 Å². The number of hydrogen-bond acceptors (Lipinski definition) is 9. The fraction of sp³-hybridized carbons (Fsp3) is 0.278. The second-order valence-corrected chi connectivity index (χ2v) is 7.05. The smallest absolute Gasteiger partial charge is 0.343 e. The Bertz CT molecular complexity index is 960. The zero-order valence-electron chi connectivity index (χ0n) is 15.2. The number of rotatable bonds is 6. The van der Waals surface area contributed by atoms with E-state index < -0.39 is 5.97 Å². The Labute approximate surface area is 160 Å². The third-order valence-corrected chi connectivity index (χ3v) is 4.59. The molecular weight excluding hydrogens is 366 g/mol.